The molecule has 1 fully saturated rings. The standard InChI is InChI=1S/C24H34N6O2/c1-6-24(4,5)30-22(26-27-28-30)21(29-12-8-9-16(3)15-29)19-14-17-13-18(32-7-2)10-11-20(17)25-23(19)31/h10-11,13-14,16,21H,6-9,12,15H2,1-5H3,(H,25,31)/t16-,21-/m1/s1. The van der Waals surface area contributed by atoms with Crippen molar-refractivity contribution in [1.29, 1.82) is 0 Å². The van der Waals surface area contributed by atoms with Crippen molar-refractivity contribution in [2.75, 3.05) is 19.7 Å². The Hall–Kier alpha value is -2.74. The summed E-state index contributed by atoms with van der Waals surface area (Å²) in [6.45, 7) is 13.0. The lowest BCUT2D eigenvalue weighted by Gasteiger charge is -2.37. The van der Waals surface area contributed by atoms with E-state index in [4.69, 9.17) is 4.74 Å². The Morgan fingerprint density at radius 1 is 1.28 bits per heavy atom. The molecule has 8 heteroatoms. The van der Waals surface area contributed by atoms with E-state index in [1.165, 1.54) is 6.42 Å². The van der Waals surface area contributed by atoms with E-state index >= 15 is 0 Å². The lowest BCUT2D eigenvalue weighted by molar-refractivity contribution is 0.135. The quantitative estimate of drug-likeness (QED) is 0.602. The van der Waals surface area contributed by atoms with Crippen LogP contribution in [0.25, 0.3) is 10.9 Å². The number of benzene rings is 1. The van der Waals surface area contributed by atoms with Crippen LogP contribution >= 0.6 is 0 Å². The molecule has 2 atom stereocenters. The van der Waals surface area contributed by atoms with Gasteiger partial charge in [0, 0.05) is 23.0 Å². The number of ether oxygens (including phenoxy) is 1. The molecule has 0 bridgehead atoms. The summed E-state index contributed by atoms with van der Waals surface area (Å²) < 4.78 is 7.59. The number of H-pyrrole nitrogens is 1. The summed E-state index contributed by atoms with van der Waals surface area (Å²) in [7, 11) is 0. The number of rotatable bonds is 7. The molecule has 0 radical (unpaired) electrons. The van der Waals surface area contributed by atoms with Gasteiger partial charge in [0.1, 0.15) is 11.8 Å². The van der Waals surface area contributed by atoms with E-state index in [2.05, 4.69) is 53.1 Å². The van der Waals surface area contributed by atoms with Crippen LogP contribution in [-0.4, -0.2) is 49.8 Å². The van der Waals surface area contributed by atoms with Gasteiger partial charge in [-0.1, -0.05) is 13.8 Å². The second-order valence-corrected chi connectivity index (χ2v) is 9.50. The highest BCUT2D eigenvalue weighted by Crippen LogP contribution is 2.33. The molecule has 1 saturated heterocycles. The number of piperidine rings is 1. The Morgan fingerprint density at radius 3 is 2.81 bits per heavy atom. The van der Waals surface area contributed by atoms with Gasteiger partial charge in [0.25, 0.3) is 5.56 Å². The van der Waals surface area contributed by atoms with E-state index in [1.54, 1.807) is 0 Å². The fourth-order valence-electron chi connectivity index (χ4n) is 4.57. The summed E-state index contributed by atoms with van der Waals surface area (Å²) in [5.41, 5.74) is 1.10. The van der Waals surface area contributed by atoms with Crippen LogP contribution in [-0.2, 0) is 5.54 Å². The number of aromatic nitrogens is 5. The van der Waals surface area contributed by atoms with E-state index in [-0.39, 0.29) is 17.1 Å². The molecule has 8 nitrogen and oxygen atoms in total. The molecule has 1 aromatic carbocycles. The lowest BCUT2D eigenvalue weighted by atomic mass is 9.94. The second kappa shape index (κ2) is 9.02. The van der Waals surface area contributed by atoms with Crippen molar-refractivity contribution in [2.24, 2.45) is 5.92 Å². The topological polar surface area (TPSA) is 88.9 Å². The molecule has 0 amide bonds. The molecule has 4 rings (SSSR count). The van der Waals surface area contributed by atoms with E-state index in [9.17, 15) is 4.79 Å². The first-order valence-corrected chi connectivity index (χ1v) is 11.7. The molecular weight excluding hydrogens is 404 g/mol. The Labute approximate surface area is 189 Å². The zero-order valence-corrected chi connectivity index (χ0v) is 19.8. The smallest absolute Gasteiger partial charge is 0.253 e. The molecule has 1 aliphatic rings. The van der Waals surface area contributed by atoms with Crippen LogP contribution in [0.2, 0.25) is 0 Å². The maximum atomic E-state index is 13.3. The molecule has 0 spiro atoms. The first-order valence-electron chi connectivity index (χ1n) is 11.7. The summed E-state index contributed by atoms with van der Waals surface area (Å²) in [5.74, 6) is 2.06. The molecular formula is C24H34N6O2. The fourth-order valence-corrected chi connectivity index (χ4v) is 4.57. The Bertz CT molecular complexity index is 1130. The molecule has 0 unspecified atom stereocenters. The summed E-state index contributed by atoms with van der Waals surface area (Å²) in [6.07, 6.45) is 3.16. The highest BCUT2D eigenvalue weighted by atomic mass is 16.5. The molecule has 1 N–H and O–H groups in total. The first kappa shape index (κ1) is 22.5. The van der Waals surface area contributed by atoms with Crippen molar-refractivity contribution in [1.82, 2.24) is 30.1 Å². The molecule has 3 aromatic rings. The van der Waals surface area contributed by atoms with Gasteiger partial charge in [0.15, 0.2) is 5.82 Å². The normalized spacial score (nSPS) is 18.7. The van der Waals surface area contributed by atoms with Gasteiger partial charge in [-0.05, 0) is 87.2 Å². The van der Waals surface area contributed by atoms with Gasteiger partial charge in [0.2, 0.25) is 0 Å². The minimum Gasteiger partial charge on any atom is -0.494 e. The van der Waals surface area contributed by atoms with Crippen molar-refractivity contribution >= 4 is 10.9 Å². The summed E-state index contributed by atoms with van der Waals surface area (Å²) in [6, 6.07) is 7.43. The van der Waals surface area contributed by atoms with Crippen LogP contribution in [0.3, 0.4) is 0 Å². The van der Waals surface area contributed by atoms with Gasteiger partial charge in [0.05, 0.1) is 12.1 Å². The third kappa shape index (κ3) is 4.28. The van der Waals surface area contributed by atoms with Crippen molar-refractivity contribution in [2.45, 2.75) is 65.5 Å². The van der Waals surface area contributed by atoms with E-state index < -0.39 is 0 Å². The number of nitrogens with one attached hydrogen (secondary N) is 1. The zero-order valence-electron chi connectivity index (χ0n) is 19.8. The van der Waals surface area contributed by atoms with Crippen LogP contribution in [0.1, 0.15) is 71.3 Å². The zero-order chi connectivity index (χ0) is 22.9. The monoisotopic (exact) mass is 438 g/mol. The summed E-state index contributed by atoms with van der Waals surface area (Å²) >= 11 is 0. The minimum atomic E-state index is -0.317. The van der Waals surface area contributed by atoms with Crippen molar-refractivity contribution in [3.63, 3.8) is 0 Å². The van der Waals surface area contributed by atoms with E-state index in [1.807, 2.05) is 35.9 Å². The number of fused-ring (bicyclic) bond motifs is 1. The van der Waals surface area contributed by atoms with Crippen LogP contribution < -0.4 is 10.3 Å². The number of tetrazole rings is 1. The highest BCUT2D eigenvalue weighted by molar-refractivity contribution is 5.80. The number of pyridine rings is 1. The van der Waals surface area contributed by atoms with Crippen molar-refractivity contribution in [3.8, 4) is 5.75 Å². The molecule has 1 aliphatic heterocycles. The molecule has 32 heavy (non-hydrogen) atoms. The Kier molecular flexibility index (Phi) is 6.33. The van der Waals surface area contributed by atoms with Gasteiger partial charge < -0.3 is 9.72 Å². The Balaban J connectivity index is 1.89. The third-order valence-corrected chi connectivity index (χ3v) is 6.68. The maximum absolute atomic E-state index is 13.3. The minimum absolute atomic E-state index is 0.103. The predicted octanol–water partition coefficient (Wildman–Crippen LogP) is 3.88. The van der Waals surface area contributed by atoms with Crippen molar-refractivity contribution in [3.05, 3.63) is 46.0 Å². The summed E-state index contributed by atoms with van der Waals surface area (Å²) in [5, 5.41) is 13.8. The fraction of sp³-hybridized carbons (Fsp3) is 0.583. The van der Waals surface area contributed by atoms with E-state index in [0.29, 0.717) is 18.1 Å². The summed E-state index contributed by atoms with van der Waals surface area (Å²) in [4.78, 5) is 18.8. The van der Waals surface area contributed by atoms with Gasteiger partial charge >= 0.3 is 0 Å². The van der Waals surface area contributed by atoms with E-state index in [0.717, 1.165) is 48.4 Å². The second-order valence-electron chi connectivity index (χ2n) is 9.50. The average Bonchev–Trinajstić information content (AvgIpc) is 3.25. The van der Waals surface area contributed by atoms with Gasteiger partial charge in [-0.2, -0.15) is 0 Å². The Morgan fingerprint density at radius 2 is 2.09 bits per heavy atom. The number of nitrogens with zero attached hydrogens (tertiary/aromatic N) is 5. The number of aromatic amines is 1. The van der Waals surface area contributed by atoms with Crippen LogP contribution in [0.15, 0.2) is 29.1 Å². The first-order chi connectivity index (χ1) is 15.3. The van der Waals surface area contributed by atoms with Crippen LogP contribution in [0, 0.1) is 5.92 Å². The maximum Gasteiger partial charge on any atom is 0.253 e. The van der Waals surface area contributed by atoms with Gasteiger partial charge in [-0.15, -0.1) is 5.10 Å². The third-order valence-electron chi connectivity index (χ3n) is 6.68. The lowest BCUT2D eigenvalue weighted by Crippen LogP contribution is -2.42. The molecule has 3 heterocycles. The van der Waals surface area contributed by atoms with Crippen molar-refractivity contribution < 1.29 is 4.74 Å². The largest absolute Gasteiger partial charge is 0.494 e. The molecule has 172 valence electrons. The van der Waals surface area contributed by atoms with Gasteiger partial charge in [-0.25, -0.2) is 4.68 Å². The molecule has 2 aromatic heterocycles. The SMILES string of the molecule is CCOc1ccc2[nH]c(=O)c([C@H](c3nnnn3C(C)(C)CC)N3CCC[C@@H](C)C3)cc2c1. The number of likely N-dealkylation sites (tertiary alicyclic amines) is 1. The molecule has 0 saturated carbocycles. The van der Waals surface area contributed by atoms with Crippen LogP contribution in [0.4, 0.5) is 0 Å². The highest BCUT2D eigenvalue weighted by Gasteiger charge is 2.35. The average molecular weight is 439 g/mol. The van der Waals surface area contributed by atoms with Gasteiger partial charge in [-0.3, -0.25) is 9.69 Å². The van der Waals surface area contributed by atoms with Crippen LogP contribution in [0.5, 0.6) is 5.75 Å². The number of hydrogen-bond donors (Lipinski definition) is 1. The molecule has 0 aliphatic carbocycles. The number of hydrogen-bond acceptors (Lipinski definition) is 6. The predicted molar refractivity (Wildman–Crippen MR) is 125 cm³/mol.